The topological polar surface area (TPSA) is 95.6 Å². The van der Waals surface area contributed by atoms with Gasteiger partial charge in [0.15, 0.2) is 11.5 Å². The summed E-state index contributed by atoms with van der Waals surface area (Å²) in [4.78, 5) is 11.1. The van der Waals surface area contributed by atoms with Crippen molar-refractivity contribution in [3.63, 3.8) is 0 Å². The van der Waals surface area contributed by atoms with Gasteiger partial charge in [0.1, 0.15) is 0 Å². The third kappa shape index (κ3) is 2.37. The predicted molar refractivity (Wildman–Crippen MR) is 52.1 cm³/mol. The maximum atomic E-state index is 11.1. The van der Waals surface area contributed by atoms with Gasteiger partial charge in [0, 0.05) is 13.0 Å². The highest BCUT2D eigenvalue weighted by Gasteiger charge is 2.08. The third-order valence-corrected chi connectivity index (χ3v) is 1.66. The largest absolute Gasteiger partial charge is 0.504 e. The van der Waals surface area contributed by atoms with E-state index in [4.69, 9.17) is 10.8 Å². The molecule has 0 aliphatic carbocycles. The van der Waals surface area contributed by atoms with Gasteiger partial charge < -0.3 is 21.3 Å². The van der Waals surface area contributed by atoms with E-state index in [-0.39, 0.29) is 36.1 Å². The summed E-state index contributed by atoms with van der Waals surface area (Å²) in [6, 6.07) is 4.34. The molecule has 0 bridgehead atoms. The van der Waals surface area contributed by atoms with Gasteiger partial charge in [-0.25, -0.2) is 0 Å². The highest BCUT2D eigenvalue weighted by Crippen LogP contribution is 2.32. The number of hydrogen-bond acceptors (Lipinski definition) is 4. The van der Waals surface area contributed by atoms with Gasteiger partial charge >= 0.3 is 0 Å². The van der Waals surface area contributed by atoms with E-state index in [1.807, 2.05) is 0 Å². The lowest BCUT2D eigenvalue weighted by Crippen LogP contribution is -2.16. The molecule has 5 N–H and O–H groups in total. The fraction of sp³-hybridized carbons (Fsp3) is 0.222. The Morgan fingerprint density at radius 3 is 2.79 bits per heavy atom. The van der Waals surface area contributed by atoms with Gasteiger partial charge in [-0.3, -0.25) is 4.79 Å². The summed E-state index contributed by atoms with van der Waals surface area (Å²) in [5.74, 6) is -0.901. The van der Waals surface area contributed by atoms with Crippen LogP contribution in [-0.4, -0.2) is 22.7 Å². The summed E-state index contributed by atoms with van der Waals surface area (Å²) in [5.41, 5.74) is 5.36. The zero-order valence-electron chi connectivity index (χ0n) is 7.53. The summed E-state index contributed by atoms with van der Waals surface area (Å²) in [6.45, 7) is 0.241. The Hall–Kier alpha value is -1.75. The molecule has 5 nitrogen and oxygen atoms in total. The molecular formula is C9H12N2O3. The van der Waals surface area contributed by atoms with E-state index in [2.05, 4.69) is 5.32 Å². The molecular weight excluding hydrogens is 184 g/mol. The van der Waals surface area contributed by atoms with Crippen molar-refractivity contribution in [3.8, 4) is 11.5 Å². The Morgan fingerprint density at radius 2 is 2.14 bits per heavy atom. The van der Waals surface area contributed by atoms with Crippen molar-refractivity contribution in [2.24, 2.45) is 5.73 Å². The van der Waals surface area contributed by atoms with Crippen LogP contribution in [-0.2, 0) is 4.79 Å². The number of benzene rings is 1. The van der Waals surface area contributed by atoms with E-state index in [0.717, 1.165) is 0 Å². The molecule has 1 rings (SSSR count). The second-order valence-electron chi connectivity index (χ2n) is 2.76. The molecule has 1 aromatic carbocycles. The first-order valence-electron chi connectivity index (χ1n) is 4.16. The smallest absolute Gasteiger partial charge is 0.225 e. The molecule has 0 atom stereocenters. The van der Waals surface area contributed by atoms with Crippen molar-refractivity contribution in [2.45, 2.75) is 6.42 Å². The number of nitrogens with one attached hydrogen (secondary N) is 1. The minimum atomic E-state index is -0.335. The Kier molecular flexibility index (Phi) is 3.30. The monoisotopic (exact) mass is 196 g/mol. The van der Waals surface area contributed by atoms with Crippen LogP contribution in [0.3, 0.4) is 0 Å². The number of carbonyl (C=O) groups is 1. The van der Waals surface area contributed by atoms with Crippen LogP contribution >= 0.6 is 0 Å². The number of nitrogens with two attached hydrogens (primary N) is 1. The summed E-state index contributed by atoms with van der Waals surface area (Å²) in [5, 5.41) is 20.9. The van der Waals surface area contributed by atoms with Gasteiger partial charge in [-0.1, -0.05) is 6.07 Å². The number of aromatic hydroxyl groups is 2. The van der Waals surface area contributed by atoms with Gasteiger partial charge in [-0.2, -0.15) is 0 Å². The number of amides is 1. The average Bonchev–Trinajstić information content (AvgIpc) is 2.13. The molecule has 0 aliphatic rings. The van der Waals surface area contributed by atoms with E-state index in [1.165, 1.54) is 18.2 Å². The van der Waals surface area contributed by atoms with Crippen molar-refractivity contribution in [2.75, 3.05) is 11.9 Å². The van der Waals surface area contributed by atoms with Crippen molar-refractivity contribution < 1.29 is 15.0 Å². The Labute approximate surface area is 81.2 Å². The van der Waals surface area contributed by atoms with E-state index < -0.39 is 0 Å². The minimum absolute atomic E-state index is 0.176. The van der Waals surface area contributed by atoms with Crippen LogP contribution in [0, 0.1) is 0 Å². The molecule has 0 aliphatic heterocycles. The number of phenols is 2. The first kappa shape index (κ1) is 10.3. The molecule has 0 radical (unpaired) electrons. The molecule has 14 heavy (non-hydrogen) atoms. The van der Waals surface area contributed by atoms with Crippen LogP contribution in [0.15, 0.2) is 18.2 Å². The predicted octanol–water partition coefficient (Wildman–Crippen LogP) is 0.385. The molecule has 0 saturated carbocycles. The summed E-state index contributed by atoms with van der Waals surface area (Å²) < 4.78 is 0. The fourth-order valence-electron chi connectivity index (χ4n) is 0.976. The first-order valence-corrected chi connectivity index (χ1v) is 4.16. The molecule has 0 unspecified atom stereocenters. The second kappa shape index (κ2) is 4.48. The highest BCUT2D eigenvalue weighted by molar-refractivity contribution is 5.92. The molecule has 0 aromatic heterocycles. The van der Waals surface area contributed by atoms with Crippen LogP contribution in [0.1, 0.15) is 6.42 Å². The second-order valence-corrected chi connectivity index (χ2v) is 2.76. The number of carbonyl (C=O) groups excluding carboxylic acids is 1. The summed E-state index contributed by atoms with van der Waals surface area (Å²) in [6.07, 6.45) is 0.176. The normalized spacial score (nSPS) is 9.79. The Morgan fingerprint density at radius 1 is 1.43 bits per heavy atom. The maximum absolute atomic E-state index is 11.1. The first-order chi connectivity index (χ1) is 6.65. The van der Waals surface area contributed by atoms with E-state index >= 15 is 0 Å². The minimum Gasteiger partial charge on any atom is -0.504 e. The number of anilines is 1. The van der Waals surface area contributed by atoms with Crippen LogP contribution < -0.4 is 11.1 Å². The van der Waals surface area contributed by atoms with Crippen LogP contribution in [0.2, 0.25) is 0 Å². The summed E-state index contributed by atoms with van der Waals surface area (Å²) >= 11 is 0. The molecule has 0 heterocycles. The fourth-order valence-corrected chi connectivity index (χ4v) is 0.976. The van der Waals surface area contributed by atoms with Crippen LogP contribution in [0.5, 0.6) is 11.5 Å². The number of rotatable bonds is 3. The van der Waals surface area contributed by atoms with E-state index in [0.29, 0.717) is 0 Å². The quantitative estimate of drug-likeness (QED) is 0.526. The Bertz CT molecular complexity index is 339. The molecule has 76 valence electrons. The van der Waals surface area contributed by atoms with Crippen molar-refractivity contribution in [1.29, 1.82) is 0 Å². The average molecular weight is 196 g/mol. The number of hydrogen-bond donors (Lipinski definition) is 4. The zero-order valence-corrected chi connectivity index (χ0v) is 7.53. The van der Waals surface area contributed by atoms with Gasteiger partial charge in [0.05, 0.1) is 5.69 Å². The lowest BCUT2D eigenvalue weighted by molar-refractivity contribution is -0.116. The molecule has 1 amide bonds. The SMILES string of the molecule is NCCC(=O)Nc1cccc(O)c1O. The molecule has 0 saturated heterocycles. The molecule has 1 aromatic rings. The maximum Gasteiger partial charge on any atom is 0.225 e. The lowest BCUT2D eigenvalue weighted by atomic mass is 10.2. The summed E-state index contributed by atoms with van der Waals surface area (Å²) in [7, 11) is 0. The van der Waals surface area contributed by atoms with Crippen LogP contribution in [0.4, 0.5) is 5.69 Å². The van der Waals surface area contributed by atoms with Gasteiger partial charge in [0.2, 0.25) is 5.91 Å². The van der Waals surface area contributed by atoms with Gasteiger partial charge in [0.25, 0.3) is 0 Å². The third-order valence-electron chi connectivity index (χ3n) is 1.66. The van der Waals surface area contributed by atoms with Crippen molar-refractivity contribution in [1.82, 2.24) is 0 Å². The van der Waals surface area contributed by atoms with Crippen LogP contribution in [0.25, 0.3) is 0 Å². The molecule has 0 spiro atoms. The molecule has 0 fully saturated rings. The zero-order chi connectivity index (χ0) is 10.6. The van der Waals surface area contributed by atoms with Gasteiger partial charge in [-0.15, -0.1) is 0 Å². The van der Waals surface area contributed by atoms with E-state index in [1.54, 1.807) is 0 Å². The number of phenolic OH excluding ortho intramolecular Hbond substituents is 2. The molecule has 5 heteroatoms. The number of para-hydroxylation sites is 1. The standard InChI is InChI=1S/C9H12N2O3/c10-5-4-8(13)11-6-2-1-3-7(12)9(6)14/h1-3,12,14H,4-5,10H2,(H,11,13). The van der Waals surface area contributed by atoms with Crippen molar-refractivity contribution >= 4 is 11.6 Å². The van der Waals surface area contributed by atoms with E-state index in [9.17, 15) is 9.90 Å². The lowest BCUT2D eigenvalue weighted by Gasteiger charge is -2.07. The van der Waals surface area contributed by atoms with Crippen molar-refractivity contribution in [3.05, 3.63) is 18.2 Å². The highest BCUT2D eigenvalue weighted by atomic mass is 16.3. The van der Waals surface area contributed by atoms with Gasteiger partial charge in [-0.05, 0) is 12.1 Å². The Balaban J connectivity index is 2.76.